The highest BCUT2D eigenvalue weighted by atomic mass is 35.5. The fraction of sp³-hybridized carbons (Fsp3) is 1.00. The number of nitrogens with zero attached hydrogens (tertiary/aromatic N) is 1. The van der Waals surface area contributed by atoms with Crippen LogP contribution in [-0.4, -0.2) is 37.2 Å². The van der Waals surface area contributed by atoms with Crippen molar-refractivity contribution in [2.24, 2.45) is 0 Å². The zero-order valence-electron chi connectivity index (χ0n) is 9.36. The molecule has 1 saturated carbocycles. The van der Waals surface area contributed by atoms with Crippen molar-refractivity contribution in [2.75, 3.05) is 13.1 Å². The molecule has 6 heteroatoms. The Morgan fingerprint density at radius 2 is 1.75 bits per heavy atom. The van der Waals surface area contributed by atoms with Crippen molar-refractivity contribution < 1.29 is 8.42 Å². The molecule has 0 aromatic rings. The Labute approximate surface area is 103 Å². The number of rotatable bonds is 3. The summed E-state index contributed by atoms with van der Waals surface area (Å²) in [5.41, 5.74) is 0. The van der Waals surface area contributed by atoms with Crippen molar-refractivity contribution in [3.05, 3.63) is 0 Å². The maximum atomic E-state index is 12.0. The Bertz CT molecular complexity index is 328. The lowest BCUT2D eigenvalue weighted by Crippen LogP contribution is -2.48. The maximum absolute atomic E-state index is 12.0. The van der Waals surface area contributed by atoms with E-state index in [2.05, 4.69) is 4.72 Å². The van der Waals surface area contributed by atoms with Crippen LogP contribution in [0, 0.1) is 0 Å². The van der Waals surface area contributed by atoms with Gasteiger partial charge in [-0.2, -0.15) is 17.4 Å². The van der Waals surface area contributed by atoms with Crippen molar-refractivity contribution in [2.45, 2.75) is 49.9 Å². The second-order valence-corrected chi connectivity index (χ2v) is 6.90. The van der Waals surface area contributed by atoms with Crippen molar-refractivity contribution >= 4 is 21.8 Å². The molecule has 0 amide bonds. The van der Waals surface area contributed by atoms with Crippen molar-refractivity contribution in [1.29, 1.82) is 0 Å². The minimum atomic E-state index is -3.30. The van der Waals surface area contributed by atoms with Gasteiger partial charge in [0.15, 0.2) is 0 Å². The highest BCUT2D eigenvalue weighted by Gasteiger charge is 2.32. The van der Waals surface area contributed by atoms with Crippen LogP contribution in [0.25, 0.3) is 0 Å². The van der Waals surface area contributed by atoms with Crippen LogP contribution in [0.15, 0.2) is 0 Å². The number of hydrogen-bond acceptors (Lipinski definition) is 2. The first-order valence-corrected chi connectivity index (χ1v) is 7.89. The van der Waals surface area contributed by atoms with Crippen LogP contribution in [0.2, 0.25) is 0 Å². The van der Waals surface area contributed by atoms with Crippen LogP contribution in [0.5, 0.6) is 0 Å². The summed E-state index contributed by atoms with van der Waals surface area (Å²) in [5.74, 6) is 0. The molecule has 1 aliphatic carbocycles. The van der Waals surface area contributed by atoms with Gasteiger partial charge < -0.3 is 0 Å². The minimum absolute atomic E-state index is 0.0421. The number of alkyl halides is 1. The van der Waals surface area contributed by atoms with Gasteiger partial charge in [-0.15, -0.1) is 11.6 Å². The van der Waals surface area contributed by atoms with Gasteiger partial charge in [0, 0.05) is 24.5 Å². The van der Waals surface area contributed by atoms with E-state index in [-0.39, 0.29) is 11.4 Å². The van der Waals surface area contributed by atoms with Gasteiger partial charge in [0.1, 0.15) is 0 Å². The fourth-order valence-corrected chi connectivity index (χ4v) is 4.39. The van der Waals surface area contributed by atoms with E-state index in [4.69, 9.17) is 11.6 Å². The topological polar surface area (TPSA) is 49.4 Å². The molecular formula is C10H19ClN2O2S. The predicted octanol–water partition coefficient (Wildman–Crippen LogP) is 1.47. The molecule has 1 aliphatic heterocycles. The lowest BCUT2D eigenvalue weighted by atomic mass is 10.2. The molecule has 2 fully saturated rings. The number of nitrogens with one attached hydrogen (secondary N) is 1. The Morgan fingerprint density at radius 3 is 2.31 bits per heavy atom. The summed E-state index contributed by atoms with van der Waals surface area (Å²) in [5, 5.41) is -0.0421. The fourth-order valence-electron chi connectivity index (χ4n) is 2.42. The van der Waals surface area contributed by atoms with Crippen LogP contribution in [0.1, 0.15) is 38.5 Å². The molecule has 0 bridgehead atoms. The molecule has 2 unspecified atom stereocenters. The second-order valence-electron chi connectivity index (χ2n) is 4.64. The normalized spacial score (nSPS) is 33.1. The lowest BCUT2D eigenvalue weighted by Gasteiger charge is -2.28. The molecule has 16 heavy (non-hydrogen) atoms. The zero-order chi connectivity index (χ0) is 11.6. The number of hydrogen-bond donors (Lipinski definition) is 1. The number of piperidine rings is 1. The molecule has 2 rings (SSSR count). The predicted molar refractivity (Wildman–Crippen MR) is 64.8 cm³/mol. The first-order chi connectivity index (χ1) is 7.59. The van der Waals surface area contributed by atoms with Gasteiger partial charge in [-0.25, -0.2) is 0 Å². The summed E-state index contributed by atoms with van der Waals surface area (Å²) in [6, 6.07) is -0.0754. The van der Waals surface area contributed by atoms with E-state index in [1.54, 1.807) is 4.31 Å². The Hall–Kier alpha value is 0.160. The van der Waals surface area contributed by atoms with E-state index in [1.807, 2.05) is 0 Å². The van der Waals surface area contributed by atoms with Crippen molar-refractivity contribution in [1.82, 2.24) is 9.03 Å². The van der Waals surface area contributed by atoms with Crippen LogP contribution in [-0.2, 0) is 10.2 Å². The molecule has 0 aromatic heterocycles. The molecule has 1 heterocycles. The van der Waals surface area contributed by atoms with Gasteiger partial charge in [0.25, 0.3) is 10.2 Å². The maximum Gasteiger partial charge on any atom is 0.279 e. The van der Waals surface area contributed by atoms with Gasteiger partial charge in [-0.3, -0.25) is 0 Å². The molecule has 0 radical (unpaired) electrons. The average molecular weight is 267 g/mol. The summed E-state index contributed by atoms with van der Waals surface area (Å²) in [6.07, 6.45) is 5.86. The Morgan fingerprint density at radius 1 is 1.06 bits per heavy atom. The molecule has 2 atom stereocenters. The highest BCUT2D eigenvalue weighted by Crippen LogP contribution is 2.25. The first kappa shape index (κ1) is 12.6. The van der Waals surface area contributed by atoms with Gasteiger partial charge in [0.05, 0.1) is 0 Å². The molecule has 4 nitrogen and oxygen atoms in total. The van der Waals surface area contributed by atoms with Gasteiger partial charge in [-0.1, -0.05) is 12.8 Å². The summed E-state index contributed by atoms with van der Waals surface area (Å²) in [4.78, 5) is 0. The standard InChI is InChI=1S/C10H19ClN2O2S/c11-9-5-4-6-10(9)12-16(14,15)13-7-2-1-3-8-13/h9-10,12H,1-8H2. The van der Waals surface area contributed by atoms with Crippen LogP contribution in [0.4, 0.5) is 0 Å². The van der Waals surface area contributed by atoms with Crippen molar-refractivity contribution in [3.63, 3.8) is 0 Å². The molecular weight excluding hydrogens is 248 g/mol. The molecule has 0 spiro atoms. The van der Waals surface area contributed by atoms with Crippen LogP contribution < -0.4 is 4.72 Å². The smallest absolute Gasteiger partial charge is 0.198 e. The van der Waals surface area contributed by atoms with Gasteiger partial charge in [0.2, 0.25) is 0 Å². The molecule has 94 valence electrons. The van der Waals surface area contributed by atoms with E-state index < -0.39 is 10.2 Å². The van der Waals surface area contributed by atoms with Gasteiger partial charge >= 0.3 is 0 Å². The van der Waals surface area contributed by atoms with Gasteiger partial charge in [-0.05, 0) is 25.7 Å². The third-order valence-electron chi connectivity index (χ3n) is 3.39. The Kier molecular flexibility index (Phi) is 4.11. The molecule has 2 aliphatic rings. The third-order valence-corrected chi connectivity index (χ3v) is 5.55. The van der Waals surface area contributed by atoms with E-state index in [9.17, 15) is 8.42 Å². The summed E-state index contributed by atoms with van der Waals surface area (Å²) < 4.78 is 28.4. The molecule has 0 aromatic carbocycles. The van der Waals surface area contributed by atoms with E-state index >= 15 is 0 Å². The van der Waals surface area contributed by atoms with Crippen molar-refractivity contribution in [3.8, 4) is 0 Å². The van der Waals surface area contributed by atoms with E-state index in [0.29, 0.717) is 13.1 Å². The minimum Gasteiger partial charge on any atom is -0.198 e. The zero-order valence-corrected chi connectivity index (χ0v) is 10.9. The largest absolute Gasteiger partial charge is 0.279 e. The lowest BCUT2D eigenvalue weighted by molar-refractivity contribution is 0.338. The van der Waals surface area contributed by atoms with E-state index in [0.717, 1.165) is 38.5 Å². The second kappa shape index (κ2) is 5.21. The molecule has 1 saturated heterocycles. The monoisotopic (exact) mass is 266 g/mol. The number of halogens is 1. The summed E-state index contributed by atoms with van der Waals surface area (Å²) in [6.45, 7) is 1.30. The Balaban J connectivity index is 1.96. The SMILES string of the molecule is O=S(=O)(NC1CCCC1Cl)N1CCCCC1. The third kappa shape index (κ3) is 2.88. The van der Waals surface area contributed by atoms with Crippen LogP contribution >= 0.6 is 11.6 Å². The van der Waals surface area contributed by atoms with Crippen LogP contribution in [0.3, 0.4) is 0 Å². The first-order valence-electron chi connectivity index (χ1n) is 6.01. The van der Waals surface area contributed by atoms with E-state index in [1.165, 1.54) is 0 Å². The quantitative estimate of drug-likeness (QED) is 0.787. The summed E-state index contributed by atoms with van der Waals surface area (Å²) in [7, 11) is -3.30. The highest BCUT2D eigenvalue weighted by molar-refractivity contribution is 7.87. The molecule has 1 N–H and O–H groups in total. The summed E-state index contributed by atoms with van der Waals surface area (Å²) >= 11 is 6.08. The average Bonchev–Trinajstić information content (AvgIpc) is 2.65.